The number of rotatable bonds is 2. The Labute approximate surface area is 109 Å². The molecule has 0 amide bonds. The molecule has 0 spiro atoms. The Morgan fingerprint density at radius 2 is 1.59 bits per heavy atom. The third kappa shape index (κ3) is 2.06. The van der Waals surface area contributed by atoms with Crippen LogP contribution in [0.25, 0.3) is 10.9 Å². The zero-order valence-corrected chi connectivity index (χ0v) is 10.6. The fourth-order valence-corrected chi connectivity index (χ4v) is 3.07. The van der Waals surface area contributed by atoms with Crippen molar-refractivity contribution in [2.75, 3.05) is 0 Å². The minimum atomic E-state index is 0.708. The van der Waals surface area contributed by atoms with Crippen LogP contribution in [0.3, 0.4) is 0 Å². The van der Waals surface area contributed by atoms with Gasteiger partial charge in [-0.2, -0.15) is 0 Å². The second kappa shape index (κ2) is 4.47. The Morgan fingerprint density at radius 3 is 2.41 bits per heavy atom. The van der Waals surface area contributed by atoms with Crippen LogP contribution >= 0.6 is 23.4 Å². The van der Waals surface area contributed by atoms with Gasteiger partial charge in [-0.3, -0.25) is 0 Å². The summed E-state index contributed by atoms with van der Waals surface area (Å²) in [6.45, 7) is 0. The lowest BCUT2D eigenvalue weighted by molar-refractivity contribution is 1.39. The first kappa shape index (κ1) is 10.8. The molecule has 0 fully saturated rings. The Kier molecular flexibility index (Phi) is 2.83. The normalized spacial score (nSPS) is 10.9. The van der Waals surface area contributed by atoms with E-state index in [1.54, 1.807) is 11.8 Å². The largest absolute Gasteiger partial charge is 0.345 e. The van der Waals surface area contributed by atoms with Gasteiger partial charge in [-0.25, -0.2) is 0 Å². The van der Waals surface area contributed by atoms with Gasteiger partial charge in [-0.1, -0.05) is 59.8 Å². The van der Waals surface area contributed by atoms with Crippen molar-refractivity contribution in [2.45, 2.75) is 9.79 Å². The van der Waals surface area contributed by atoms with Gasteiger partial charge in [0.1, 0.15) is 5.15 Å². The van der Waals surface area contributed by atoms with Crippen molar-refractivity contribution >= 4 is 34.3 Å². The van der Waals surface area contributed by atoms with Gasteiger partial charge in [-0.05, 0) is 18.2 Å². The lowest BCUT2D eigenvalue weighted by Crippen LogP contribution is -1.71. The van der Waals surface area contributed by atoms with Crippen molar-refractivity contribution in [3.63, 3.8) is 0 Å². The molecule has 1 N–H and O–H groups in total. The molecular weight excluding hydrogens is 250 g/mol. The van der Waals surface area contributed by atoms with Crippen molar-refractivity contribution in [3.05, 3.63) is 59.8 Å². The average Bonchev–Trinajstić information content (AvgIpc) is 2.68. The van der Waals surface area contributed by atoms with Gasteiger partial charge >= 0.3 is 0 Å². The maximum absolute atomic E-state index is 6.24. The van der Waals surface area contributed by atoms with Crippen molar-refractivity contribution in [1.82, 2.24) is 4.98 Å². The first-order chi connectivity index (χ1) is 8.34. The third-order valence-corrected chi connectivity index (χ3v) is 4.11. The van der Waals surface area contributed by atoms with Gasteiger partial charge in [0, 0.05) is 15.8 Å². The highest BCUT2D eigenvalue weighted by molar-refractivity contribution is 7.99. The Hall–Kier alpha value is -1.38. The van der Waals surface area contributed by atoms with Gasteiger partial charge in [0.15, 0.2) is 0 Å². The standard InChI is InChI=1S/C14H10ClNS/c15-14-13(17-10-6-2-1-3-7-10)11-8-4-5-9-12(11)16-14/h1-9,16H. The molecule has 3 aromatic rings. The summed E-state index contributed by atoms with van der Waals surface area (Å²) in [6, 6.07) is 18.4. The highest BCUT2D eigenvalue weighted by atomic mass is 35.5. The molecule has 1 heterocycles. The lowest BCUT2D eigenvalue weighted by atomic mass is 10.2. The fraction of sp³-hybridized carbons (Fsp3) is 0. The van der Waals surface area contributed by atoms with E-state index < -0.39 is 0 Å². The predicted molar refractivity (Wildman–Crippen MR) is 73.9 cm³/mol. The van der Waals surface area contributed by atoms with E-state index in [0.29, 0.717) is 5.15 Å². The number of para-hydroxylation sites is 1. The average molecular weight is 260 g/mol. The van der Waals surface area contributed by atoms with E-state index in [1.165, 1.54) is 10.3 Å². The van der Waals surface area contributed by atoms with E-state index in [-0.39, 0.29) is 0 Å². The van der Waals surface area contributed by atoms with Crippen LogP contribution in [0.1, 0.15) is 0 Å². The summed E-state index contributed by atoms with van der Waals surface area (Å²) in [4.78, 5) is 5.48. The van der Waals surface area contributed by atoms with Crippen LogP contribution in [0.4, 0.5) is 0 Å². The molecule has 0 aliphatic rings. The molecule has 1 aromatic heterocycles. The van der Waals surface area contributed by atoms with Crippen LogP contribution in [0.15, 0.2) is 64.4 Å². The van der Waals surface area contributed by atoms with E-state index in [2.05, 4.69) is 23.2 Å². The van der Waals surface area contributed by atoms with Gasteiger partial charge < -0.3 is 4.98 Å². The van der Waals surface area contributed by atoms with Crippen LogP contribution in [0.5, 0.6) is 0 Å². The smallest absolute Gasteiger partial charge is 0.121 e. The molecule has 17 heavy (non-hydrogen) atoms. The number of hydrogen-bond acceptors (Lipinski definition) is 1. The topological polar surface area (TPSA) is 15.8 Å². The van der Waals surface area contributed by atoms with Crippen molar-refractivity contribution in [3.8, 4) is 0 Å². The minimum absolute atomic E-state index is 0.708. The summed E-state index contributed by atoms with van der Waals surface area (Å²) in [5, 5.41) is 1.88. The number of nitrogens with one attached hydrogen (secondary N) is 1. The molecule has 0 aliphatic heterocycles. The monoisotopic (exact) mass is 259 g/mol. The minimum Gasteiger partial charge on any atom is -0.345 e. The second-order valence-electron chi connectivity index (χ2n) is 3.73. The molecule has 0 radical (unpaired) electrons. The maximum atomic E-state index is 6.24. The Balaban J connectivity index is 2.08. The SMILES string of the molecule is Clc1[nH]c2ccccc2c1Sc1ccccc1. The molecule has 0 aliphatic carbocycles. The lowest BCUT2D eigenvalue weighted by Gasteiger charge is -2.00. The van der Waals surface area contributed by atoms with E-state index in [1.807, 2.05) is 36.4 Å². The van der Waals surface area contributed by atoms with Crippen molar-refractivity contribution in [1.29, 1.82) is 0 Å². The number of halogens is 1. The Morgan fingerprint density at radius 1 is 0.882 bits per heavy atom. The Bertz CT molecular complexity index is 646. The summed E-state index contributed by atoms with van der Waals surface area (Å²) >= 11 is 7.93. The van der Waals surface area contributed by atoms with Gasteiger partial charge in [0.05, 0.1) is 4.90 Å². The van der Waals surface area contributed by atoms with Crippen molar-refractivity contribution < 1.29 is 0 Å². The summed E-state index contributed by atoms with van der Waals surface area (Å²) in [5.74, 6) is 0. The highest BCUT2D eigenvalue weighted by Crippen LogP contribution is 2.38. The van der Waals surface area contributed by atoms with Crippen LogP contribution in [0.2, 0.25) is 5.15 Å². The van der Waals surface area contributed by atoms with Crippen LogP contribution in [-0.2, 0) is 0 Å². The van der Waals surface area contributed by atoms with Gasteiger partial charge in [0.25, 0.3) is 0 Å². The summed E-state index contributed by atoms with van der Waals surface area (Å²) < 4.78 is 0. The van der Waals surface area contributed by atoms with Crippen molar-refractivity contribution in [2.24, 2.45) is 0 Å². The molecule has 84 valence electrons. The van der Waals surface area contributed by atoms with Crippen LogP contribution < -0.4 is 0 Å². The van der Waals surface area contributed by atoms with Crippen LogP contribution in [-0.4, -0.2) is 4.98 Å². The molecule has 1 nitrogen and oxygen atoms in total. The van der Waals surface area contributed by atoms with E-state index in [4.69, 9.17) is 11.6 Å². The number of aromatic nitrogens is 1. The zero-order valence-electron chi connectivity index (χ0n) is 8.98. The molecule has 0 atom stereocenters. The van der Waals surface area contributed by atoms with Gasteiger partial charge in [-0.15, -0.1) is 0 Å². The van der Waals surface area contributed by atoms with Gasteiger partial charge in [0.2, 0.25) is 0 Å². The fourth-order valence-electron chi connectivity index (χ4n) is 1.79. The summed E-state index contributed by atoms with van der Waals surface area (Å²) in [5.41, 5.74) is 1.08. The highest BCUT2D eigenvalue weighted by Gasteiger charge is 2.10. The maximum Gasteiger partial charge on any atom is 0.121 e. The first-order valence-corrected chi connectivity index (χ1v) is 6.53. The van der Waals surface area contributed by atoms with E-state index in [0.717, 1.165) is 10.4 Å². The van der Waals surface area contributed by atoms with Crippen LogP contribution in [0, 0.1) is 0 Å². The molecule has 0 saturated heterocycles. The third-order valence-electron chi connectivity index (χ3n) is 2.58. The number of aromatic amines is 1. The number of fused-ring (bicyclic) bond motifs is 1. The molecular formula is C14H10ClNS. The van der Waals surface area contributed by atoms with E-state index >= 15 is 0 Å². The molecule has 0 bridgehead atoms. The zero-order chi connectivity index (χ0) is 11.7. The number of H-pyrrole nitrogens is 1. The molecule has 2 aromatic carbocycles. The first-order valence-electron chi connectivity index (χ1n) is 5.34. The molecule has 3 rings (SSSR count). The molecule has 0 saturated carbocycles. The second-order valence-corrected chi connectivity index (χ2v) is 5.19. The molecule has 3 heteroatoms. The van der Waals surface area contributed by atoms with E-state index in [9.17, 15) is 0 Å². The quantitative estimate of drug-likeness (QED) is 0.687. The summed E-state index contributed by atoms with van der Waals surface area (Å²) in [7, 11) is 0. The number of benzene rings is 2. The molecule has 0 unspecified atom stereocenters. The summed E-state index contributed by atoms with van der Waals surface area (Å²) in [6.07, 6.45) is 0. The predicted octanol–water partition coefficient (Wildman–Crippen LogP) is 4.97. The number of hydrogen-bond donors (Lipinski definition) is 1.